The van der Waals surface area contributed by atoms with Gasteiger partial charge in [0, 0.05) is 59.2 Å². The van der Waals surface area contributed by atoms with Crippen LogP contribution in [0.2, 0.25) is 0 Å². The summed E-state index contributed by atoms with van der Waals surface area (Å²) in [7, 11) is 0. The SMILES string of the molecule is Br.Br.O=C1c2cccc3cccc(c23)C(=O)N1CCNCCCCCNCCN1C(=O)c2cccc3cccc(c23)C1=O. The summed E-state index contributed by atoms with van der Waals surface area (Å²) in [6.07, 6.45) is 2.94. The van der Waals surface area contributed by atoms with Crippen LogP contribution in [-0.2, 0) is 0 Å². The van der Waals surface area contributed by atoms with Crippen molar-refractivity contribution in [3.63, 3.8) is 0 Å². The highest BCUT2D eigenvalue weighted by Gasteiger charge is 2.33. The molecule has 43 heavy (non-hydrogen) atoms. The summed E-state index contributed by atoms with van der Waals surface area (Å²) < 4.78 is 0. The molecular formula is C33H34Br2N4O4. The van der Waals surface area contributed by atoms with E-state index < -0.39 is 0 Å². The van der Waals surface area contributed by atoms with Crippen LogP contribution in [0.3, 0.4) is 0 Å². The van der Waals surface area contributed by atoms with Gasteiger partial charge in [0.2, 0.25) is 0 Å². The van der Waals surface area contributed by atoms with Gasteiger partial charge in [-0.15, -0.1) is 34.0 Å². The first kappa shape index (κ1) is 32.5. The standard InChI is InChI=1S/C33H32N4O4.2BrH/c38-30-24-12-4-8-22-9-5-13-25(28(22)24)31(39)36(30)20-18-34-16-2-1-3-17-35-19-21-37-32(40)26-14-6-10-23-11-7-15-27(29(23)26)33(37)41;;/h4-15,34-35H,1-3,16-21H2;2*1H. The normalized spacial score (nSPS) is 13.9. The number of nitrogens with one attached hydrogen (secondary N) is 2. The van der Waals surface area contributed by atoms with Crippen LogP contribution >= 0.6 is 34.0 Å². The minimum atomic E-state index is -0.235. The minimum Gasteiger partial charge on any atom is -0.315 e. The Morgan fingerprint density at radius 2 is 0.767 bits per heavy atom. The summed E-state index contributed by atoms with van der Waals surface area (Å²) in [5.74, 6) is -0.939. The highest BCUT2D eigenvalue weighted by molar-refractivity contribution is 8.93. The van der Waals surface area contributed by atoms with Gasteiger partial charge in [-0.1, -0.05) is 55.0 Å². The van der Waals surface area contributed by atoms with Gasteiger partial charge in [-0.05, 0) is 61.0 Å². The van der Waals surface area contributed by atoms with Gasteiger partial charge in [0.25, 0.3) is 23.6 Å². The topological polar surface area (TPSA) is 98.8 Å². The van der Waals surface area contributed by atoms with Gasteiger partial charge >= 0.3 is 0 Å². The van der Waals surface area contributed by atoms with Crippen LogP contribution in [0.25, 0.3) is 21.5 Å². The van der Waals surface area contributed by atoms with E-state index in [0.717, 1.165) is 53.9 Å². The summed E-state index contributed by atoms with van der Waals surface area (Å²) in [6.45, 7) is 3.34. The van der Waals surface area contributed by atoms with Crippen molar-refractivity contribution in [1.29, 1.82) is 0 Å². The maximum absolute atomic E-state index is 13.0. The molecule has 0 fully saturated rings. The van der Waals surface area contributed by atoms with Crippen LogP contribution in [0.15, 0.2) is 72.8 Å². The molecule has 0 radical (unpaired) electrons. The first-order valence-electron chi connectivity index (χ1n) is 14.2. The molecule has 0 atom stereocenters. The quantitative estimate of drug-likeness (QED) is 0.151. The molecule has 0 unspecified atom stereocenters. The average Bonchev–Trinajstić information content (AvgIpc) is 3.00. The molecule has 2 aliphatic rings. The summed E-state index contributed by atoms with van der Waals surface area (Å²) in [5.41, 5.74) is 2.34. The van der Waals surface area contributed by atoms with E-state index in [-0.39, 0.29) is 57.6 Å². The second kappa shape index (κ2) is 14.4. The number of carbonyl (C=O) groups excluding carboxylic acids is 4. The largest absolute Gasteiger partial charge is 0.315 e. The molecule has 0 saturated carbocycles. The lowest BCUT2D eigenvalue weighted by atomic mass is 9.94. The molecule has 2 N–H and O–H groups in total. The number of imide groups is 2. The number of unbranched alkanes of at least 4 members (excludes halogenated alkanes) is 2. The van der Waals surface area contributed by atoms with E-state index in [2.05, 4.69) is 10.6 Å². The molecule has 8 nitrogen and oxygen atoms in total. The van der Waals surface area contributed by atoms with Crippen LogP contribution in [0.4, 0.5) is 0 Å². The molecule has 2 aliphatic heterocycles. The summed E-state index contributed by atoms with van der Waals surface area (Å²) in [4.78, 5) is 54.6. The van der Waals surface area contributed by atoms with E-state index in [0.29, 0.717) is 48.4 Å². The summed E-state index contributed by atoms with van der Waals surface area (Å²) >= 11 is 0. The van der Waals surface area contributed by atoms with Crippen molar-refractivity contribution in [1.82, 2.24) is 20.4 Å². The predicted octanol–water partition coefficient (Wildman–Crippen LogP) is 5.39. The third kappa shape index (κ3) is 6.28. The average molecular weight is 710 g/mol. The molecule has 2 heterocycles. The summed E-state index contributed by atoms with van der Waals surface area (Å²) in [6, 6.07) is 22.3. The van der Waals surface area contributed by atoms with Crippen molar-refractivity contribution in [3.05, 3.63) is 95.1 Å². The van der Waals surface area contributed by atoms with Gasteiger partial charge in [-0.3, -0.25) is 29.0 Å². The Balaban J connectivity index is 0.00000212. The molecule has 6 rings (SSSR count). The maximum Gasteiger partial charge on any atom is 0.261 e. The molecule has 0 saturated heterocycles. The third-order valence-corrected chi connectivity index (χ3v) is 7.94. The van der Waals surface area contributed by atoms with E-state index in [1.807, 2.05) is 48.5 Å². The fraction of sp³-hybridized carbons (Fsp3) is 0.273. The number of rotatable bonds is 12. The Morgan fingerprint density at radius 1 is 0.442 bits per heavy atom. The van der Waals surface area contributed by atoms with Crippen LogP contribution < -0.4 is 10.6 Å². The van der Waals surface area contributed by atoms with Crippen LogP contribution in [0, 0.1) is 0 Å². The van der Waals surface area contributed by atoms with Crippen molar-refractivity contribution in [2.24, 2.45) is 0 Å². The second-order valence-electron chi connectivity index (χ2n) is 10.5. The van der Waals surface area contributed by atoms with Crippen molar-refractivity contribution in [2.75, 3.05) is 39.3 Å². The highest BCUT2D eigenvalue weighted by Crippen LogP contribution is 2.31. The first-order chi connectivity index (χ1) is 20.1. The van der Waals surface area contributed by atoms with Crippen molar-refractivity contribution >= 4 is 79.1 Å². The molecule has 0 aromatic heterocycles. The summed E-state index contributed by atoms with van der Waals surface area (Å²) in [5, 5.41) is 10.0. The van der Waals surface area contributed by atoms with Gasteiger partial charge in [-0.2, -0.15) is 0 Å². The van der Waals surface area contributed by atoms with E-state index in [4.69, 9.17) is 0 Å². The number of benzene rings is 4. The van der Waals surface area contributed by atoms with Crippen LogP contribution in [0.1, 0.15) is 60.7 Å². The van der Waals surface area contributed by atoms with Crippen LogP contribution in [0.5, 0.6) is 0 Å². The van der Waals surface area contributed by atoms with Gasteiger partial charge in [0.15, 0.2) is 0 Å². The molecule has 0 spiro atoms. The van der Waals surface area contributed by atoms with E-state index >= 15 is 0 Å². The van der Waals surface area contributed by atoms with Crippen molar-refractivity contribution in [3.8, 4) is 0 Å². The third-order valence-electron chi connectivity index (χ3n) is 7.94. The zero-order valence-corrected chi connectivity index (χ0v) is 27.1. The molecule has 0 bridgehead atoms. The number of carbonyl (C=O) groups is 4. The molecule has 10 heteroatoms. The lowest BCUT2D eigenvalue weighted by Crippen LogP contribution is -2.44. The molecule has 224 valence electrons. The second-order valence-corrected chi connectivity index (χ2v) is 10.5. The monoisotopic (exact) mass is 708 g/mol. The first-order valence-corrected chi connectivity index (χ1v) is 14.2. The smallest absolute Gasteiger partial charge is 0.261 e. The fourth-order valence-electron chi connectivity index (χ4n) is 5.88. The Morgan fingerprint density at radius 3 is 1.09 bits per heavy atom. The molecule has 0 aliphatic carbocycles. The Hall–Kier alpha value is -3.44. The molecule has 4 amide bonds. The van der Waals surface area contributed by atoms with Gasteiger partial charge in [0.05, 0.1) is 0 Å². The van der Waals surface area contributed by atoms with Crippen molar-refractivity contribution < 1.29 is 19.2 Å². The number of halogens is 2. The number of amides is 4. The molecule has 4 aromatic rings. The highest BCUT2D eigenvalue weighted by atomic mass is 79.9. The van der Waals surface area contributed by atoms with E-state index in [1.165, 1.54) is 9.80 Å². The maximum atomic E-state index is 13.0. The van der Waals surface area contributed by atoms with Gasteiger partial charge < -0.3 is 10.6 Å². The Kier molecular flexibility index (Phi) is 10.8. The van der Waals surface area contributed by atoms with Crippen LogP contribution in [-0.4, -0.2) is 72.7 Å². The molecule has 4 aromatic carbocycles. The Bertz CT molecular complexity index is 1470. The van der Waals surface area contributed by atoms with Gasteiger partial charge in [0.1, 0.15) is 0 Å². The predicted molar refractivity (Wildman–Crippen MR) is 179 cm³/mol. The molecular weight excluding hydrogens is 676 g/mol. The lowest BCUT2D eigenvalue weighted by Gasteiger charge is -2.27. The van der Waals surface area contributed by atoms with E-state index in [1.54, 1.807) is 24.3 Å². The lowest BCUT2D eigenvalue weighted by molar-refractivity contribution is 0.0597. The van der Waals surface area contributed by atoms with Crippen molar-refractivity contribution in [2.45, 2.75) is 19.3 Å². The number of hydrogen-bond donors (Lipinski definition) is 2. The number of nitrogens with zero attached hydrogens (tertiary/aromatic N) is 2. The zero-order valence-electron chi connectivity index (χ0n) is 23.6. The Labute approximate surface area is 271 Å². The van der Waals surface area contributed by atoms with Gasteiger partial charge in [-0.25, -0.2) is 0 Å². The zero-order chi connectivity index (χ0) is 28.3. The number of hydrogen-bond acceptors (Lipinski definition) is 6. The van der Waals surface area contributed by atoms with E-state index in [9.17, 15) is 19.2 Å². The fourth-order valence-corrected chi connectivity index (χ4v) is 5.88. The minimum absolute atomic E-state index is 0.